The molecule has 0 radical (unpaired) electrons. The maximum Gasteiger partial charge on any atom is 0.225 e. The van der Waals surface area contributed by atoms with E-state index in [1.54, 1.807) is 0 Å². The molecule has 0 aromatic heterocycles. The third-order valence-corrected chi connectivity index (χ3v) is 5.93. The maximum atomic E-state index is 12.2. The van der Waals surface area contributed by atoms with Gasteiger partial charge in [0.1, 0.15) is 0 Å². The SMILES string of the molecule is CC1NCCCC1C(=O)NC1(C)CCS(=O)(=O)C1. The summed E-state index contributed by atoms with van der Waals surface area (Å²) in [5.41, 5.74) is -0.576. The van der Waals surface area contributed by atoms with Crippen molar-refractivity contribution in [3.8, 4) is 0 Å². The van der Waals surface area contributed by atoms with Crippen LogP contribution in [0.2, 0.25) is 0 Å². The normalized spacial score (nSPS) is 39.4. The zero-order valence-corrected chi connectivity index (χ0v) is 11.8. The van der Waals surface area contributed by atoms with Gasteiger partial charge in [-0.2, -0.15) is 0 Å². The van der Waals surface area contributed by atoms with E-state index in [0.29, 0.717) is 6.42 Å². The predicted octanol–water partition coefficient (Wildman–Crippen LogP) is 0.0679. The lowest BCUT2D eigenvalue weighted by Gasteiger charge is -2.32. The summed E-state index contributed by atoms with van der Waals surface area (Å²) in [5, 5.41) is 6.24. The zero-order valence-electron chi connectivity index (χ0n) is 11.0. The van der Waals surface area contributed by atoms with E-state index in [1.165, 1.54) is 0 Å². The monoisotopic (exact) mass is 274 g/mol. The third-order valence-electron chi connectivity index (χ3n) is 4.03. The highest BCUT2D eigenvalue weighted by Gasteiger charge is 2.41. The van der Waals surface area contributed by atoms with E-state index in [1.807, 2.05) is 13.8 Å². The van der Waals surface area contributed by atoms with E-state index in [4.69, 9.17) is 0 Å². The Morgan fingerprint density at radius 2 is 2.17 bits per heavy atom. The Morgan fingerprint density at radius 3 is 2.72 bits per heavy atom. The highest BCUT2D eigenvalue weighted by molar-refractivity contribution is 7.91. The number of piperidine rings is 1. The van der Waals surface area contributed by atoms with Gasteiger partial charge in [-0.15, -0.1) is 0 Å². The van der Waals surface area contributed by atoms with Gasteiger partial charge in [0.25, 0.3) is 0 Å². The van der Waals surface area contributed by atoms with Gasteiger partial charge >= 0.3 is 0 Å². The molecular formula is C12H22N2O3S. The first kappa shape index (κ1) is 13.8. The molecule has 0 aromatic rings. The van der Waals surface area contributed by atoms with Crippen LogP contribution in [0.25, 0.3) is 0 Å². The van der Waals surface area contributed by atoms with Gasteiger partial charge in [-0.25, -0.2) is 8.42 Å². The summed E-state index contributed by atoms with van der Waals surface area (Å²) in [6.45, 7) is 4.80. The second-order valence-electron chi connectivity index (χ2n) is 5.88. The molecule has 2 rings (SSSR count). The van der Waals surface area contributed by atoms with Crippen LogP contribution in [0.1, 0.15) is 33.1 Å². The smallest absolute Gasteiger partial charge is 0.225 e. The molecule has 0 bridgehead atoms. The molecule has 3 atom stereocenters. The standard InChI is InChI=1S/C12H22N2O3S/c1-9-10(4-3-6-13-9)11(15)14-12(2)5-7-18(16,17)8-12/h9-10,13H,3-8H2,1-2H3,(H,14,15). The van der Waals surface area contributed by atoms with Gasteiger partial charge in [0, 0.05) is 6.04 Å². The van der Waals surface area contributed by atoms with Gasteiger partial charge in [0.15, 0.2) is 9.84 Å². The second-order valence-corrected chi connectivity index (χ2v) is 8.07. The molecule has 2 aliphatic rings. The van der Waals surface area contributed by atoms with Crippen molar-refractivity contribution in [2.24, 2.45) is 5.92 Å². The van der Waals surface area contributed by atoms with Crippen LogP contribution in [-0.2, 0) is 14.6 Å². The number of sulfone groups is 1. The Kier molecular flexibility index (Phi) is 3.69. The minimum atomic E-state index is -2.97. The quantitative estimate of drug-likeness (QED) is 0.747. The molecule has 6 heteroatoms. The van der Waals surface area contributed by atoms with Crippen molar-refractivity contribution in [1.82, 2.24) is 10.6 Å². The van der Waals surface area contributed by atoms with Crippen LogP contribution in [0.15, 0.2) is 0 Å². The average molecular weight is 274 g/mol. The molecule has 0 aromatic carbocycles. The molecule has 104 valence electrons. The fraction of sp³-hybridized carbons (Fsp3) is 0.917. The molecule has 2 N–H and O–H groups in total. The molecule has 2 heterocycles. The molecule has 5 nitrogen and oxygen atoms in total. The summed E-state index contributed by atoms with van der Waals surface area (Å²) >= 11 is 0. The van der Waals surface area contributed by atoms with Crippen LogP contribution in [0.4, 0.5) is 0 Å². The number of carbonyl (C=O) groups is 1. The Labute approximate surface area is 109 Å². The Balaban J connectivity index is 1.99. The molecule has 2 fully saturated rings. The Morgan fingerprint density at radius 1 is 1.44 bits per heavy atom. The third kappa shape index (κ3) is 3.03. The van der Waals surface area contributed by atoms with Crippen LogP contribution in [-0.4, -0.2) is 44.0 Å². The van der Waals surface area contributed by atoms with Crippen molar-refractivity contribution in [3.05, 3.63) is 0 Å². The summed E-state index contributed by atoms with van der Waals surface area (Å²) in [4.78, 5) is 12.2. The highest BCUT2D eigenvalue weighted by Crippen LogP contribution is 2.25. The fourth-order valence-electron chi connectivity index (χ4n) is 2.90. The largest absolute Gasteiger partial charge is 0.350 e. The van der Waals surface area contributed by atoms with Crippen LogP contribution in [0.5, 0.6) is 0 Å². The van der Waals surface area contributed by atoms with E-state index in [2.05, 4.69) is 10.6 Å². The van der Waals surface area contributed by atoms with Gasteiger partial charge in [0.2, 0.25) is 5.91 Å². The van der Waals surface area contributed by atoms with Crippen molar-refractivity contribution in [2.45, 2.75) is 44.7 Å². The molecule has 0 aliphatic carbocycles. The van der Waals surface area contributed by atoms with Crippen LogP contribution in [0, 0.1) is 5.92 Å². The number of nitrogens with one attached hydrogen (secondary N) is 2. The minimum absolute atomic E-state index is 0.00528. The lowest BCUT2D eigenvalue weighted by atomic mass is 9.90. The molecule has 1 amide bonds. The van der Waals surface area contributed by atoms with Crippen LogP contribution in [0.3, 0.4) is 0 Å². The van der Waals surface area contributed by atoms with E-state index in [-0.39, 0.29) is 29.4 Å². The molecule has 2 saturated heterocycles. The lowest BCUT2D eigenvalue weighted by Crippen LogP contribution is -2.53. The van der Waals surface area contributed by atoms with E-state index < -0.39 is 15.4 Å². The van der Waals surface area contributed by atoms with Gasteiger partial charge in [0.05, 0.1) is 23.0 Å². The number of amides is 1. The van der Waals surface area contributed by atoms with Crippen LogP contribution >= 0.6 is 0 Å². The molecule has 3 unspecified atom stereocenters. The molecule has 0 saturated carbocycles. The zero-order chi connectivity index (χ0) is 13.4. The van der Waals surface area contributed by atoms with Gasteiger partial charge in [-0.1, -0.05) is 0 Å². The first-order valence-corrected chi connectivity index (χ1v) is 8.39. The Hall–Kier alpha value is -0.620. The van der Waals surface area contributed by atoms with Crippen molar-refractivity contribution in [1.29, 1.82) is 0 Å². The molecule has 2 aliphatic heterocycles. The van der Waals surface area contributed by atoms with Gasteiger partial charge in [-0.05, 0) is 39.7 Å². The Bertz CT molecular complexity index is 435. The van der Waals surface area contributed by atoms with Gasteiger partial charge < -0.3 is 10.6 Å². The predicted molar refractivity (Wildman–Crippen MR) is 70.0 cm³/mol. The minimum Gasteiger partial charge on any atom is -0.350 e. The van der Waals surface area contributed by atoms with Crippen molar-refractivity contribution in [2.75, 3.05) is 18.1 Å². The number of carbonyl (C=O) groups excluding carboxylic acids is 1. The molecule has 0 spiro atoms. The topological polar surface area (TPSA) is 75.3 Å². The molecule has 18 heavy (non-hydrogen) atoms. The lowest BCUT2D eigenvalue weighted by molar-refractivity contribution is -0.128. The number of rotatable bonds is 2. The van der Waals surface area contributed by atoms with E-state index in [9.17, 15) is 13.2 Å². The van der Waals surface area contributed by atoms with Crippen LogP contribution < -0.4 is 10.6 Å². The van der Waals surface area contributed by atoms with Crippen molar-refractivity contribution < 1.29 is 13.2 Å². The number of hydrogen-bond acceptors (Lipinski definition) is 4. The van der Waals surface area contributed by atoms with Gasteiger partial charge in [-0.3, -0.25) is 4.79 Å². The summed E-state index contributed by atoms with van der Waals surface area (Å²) in [5.74, 6) is 0.205. The first-order valence-electron chi connectivity index (χ1n) is 6.57. The average Bonchev–Trinajstić information content (AvgIpc) is 2.53. The summed E-state index contributed by atoms with van der Waals surface area (Å²) < 4.78 is 23.0. The summed E-state index contributed by atoms with van der Waals surface area (Å²) in [7, 11) is -2.97. The maximum absolute atomic E-state index is 12.2. The molecular weight excluding hydrogens is 252 g/mol. The fourth-order valence-corrected chi connectivity index (χ4v) is 4.99. The van der Waals surface area contributed by atoms with E-state index in [0.717, 1.165) is 19.4 Å². The second kappa shape index (κ2) is 4.81. The first-order chi connectivity index (χ1) is 8.31. The van der Waals surface area contributed by atoms with E-state index >= 15 is 0 Å². The highest BCUT2D eigenvalue weighted by atomic mass is 32.2. The summed E-state index contributed by atoms with van der Waals surface area (Å²) in [6, 6.07) is 0.167. The number of hydrogen-bond donors (Lipinski definition) is 2. The summed E-state index contributed by atoms with van der Waals surface area (Å²) in [6.07, 6.45) is 2.40. The van der Waals surface area contributed by atoms with Crippen molar-refractivity contribution in [3.63, 3.8) is 0 Å². The van der Waals surface area contributed by atoms with Crippen molar-refractivity contribution >= 4 is 15.7 Å².